The molecule has 20 heavy (non-hydrogen) atoms. The maximum atomic E-state index is 5.30. The lowest BCUT2D eigenvalue weighted by Gasteiger charge is -2.31. The van der Waals surface area contributed by atoms with Crippen LogP contribution in [0.25, 0.3) is 0 Å². The number of hydrogen-bond acceptors (Lipinski definition) is 5. The third kappa shape index (κ3) is 5.47. The molecule has 1 fully saturated rings. The number of nitrogens with one attached hydrogen (secondary N) is 1. The largest absolute Gasteiger partial charge is 0.375 e. The molecule has 1 aromatic rings. The van der Waals surface area contributed by atoms with Crippen LogP contribution in [0.2, 0.25) is 0 Å². The normalized spacial score (nSPS) is 20.9. The first-order valence-electron chi connectivity index (χ1n) is 6.59. The van der Waals surface area contributed by atoms with Gasteiger partial charge in [-0.05, 0) is 33.4 Å². The van der Waals surface area contributed by atoms with E-state index < -0.39 is 0 Å². The van der Waals surface area contributed by atoms with Gasteiger partial charge >= 0.3 is 0 Å². The fourth-order valence-corrected chi connectivity index (χ4v) is 3.19. The molecule has 0 amide bonds. The second-order valence-corrected chi connectivity index (χ2v) is 5.81. The minimum absolute atomic E-state index is 0. The van der Waals surface area contributed by atoms with E-state index in [4.69, 9.17) is 4.74 Å². The van der Waals surface area contributed by atoms with Crippen molar-refractivity contribution in [1.82, 2.24) is 15.2 Å². The number of likely N-dealkylation sites (tertiary alicyclic amines) is 1. The van der Waals surface area contributed by atoms with E-state index in [0.29, 0.717) is 6.04 Å². The molecule has 7 heteroatoms. The number of rotatable bonds is 5. The zero-order valence-corrected chi connectivity index (χ0v) is 14.7. The number of piperidine rings is 1. The quantitative estimate of drug-likeness (QED) is 0.893. The minimum atomic E-state index is 0. The van der Waals surface area contributed by atoms with Crippen LogP contribution < -0.4 is 5.32 Å². The van der Waals surface area contributed by atoms with E-state index in [0.717, 1.165) is 18.1 Å². The Morgan fingerprint density at radius 3 is 2.95 bits per heavy atom. The molecule has 2 rings (SSSR count). The molecule has 1 aliphatic heterocycles. The summed E-state index contributed by atoms with van der Waals surface area (Å²) in [4.78, 5) is 7.14. The van der Waals surface area contributed by atoms with Crippen LogP contribution in [0.4, 0.5) is 0 Å². The summed E-state index contributed by atoms with van der Waals surface area (Å²) in [5.74, 6) is 0. The maximum absolute atomic E-state index is 5.30. The highest BCUT2D eigenvalue weighted by atomic mass is 35.5. The topological polar surface area (TPSA) is 37.4 Å². The minimum Gasteiger partial charge on any atom is -0.375 e. The Kier molecular flexibility index (Phi) is 9.97. The number of aromatic nitrogens is 1. The molecule has 0 spiro atoms. The number of thiazole rings is 1. The van der Waals surface area contributed by atoms with Gasteiger partial charge in [-0.2, -0.15) is 0 Å². The third-order valence-corrected chi connectivity index (χ3v) is 4.62. The van der Waals surface area contributed by atoms with Crippen molar-refractivity contribution < 1.29 is 4.74 Å². The van der Waals surface area contributed by atoms with E-state index in [9.17, 15) is 0 Å². The van der Waals surface area contributed by atoms with Crippen molar-refractivity contribution in [3.05, 3.63) is 16.1 Å². The van der Waals surface area contributed by atoms with E-state index in [1.807, 2.05) is 6.92 Å². The van der Waals surface area contributed by atoms with E-state index in [1.54, 1.807) is 18.4 Å². The van der Waals surface area contributed by atoms with Gasteiger partial charge in [-0.25, -0.2) is 4.98 Å². The van der Waals surface area contributed by atoms with Gasteiger partial charge in [-0.3, -0.25) is 4.90 Å². The van der Waals surface area contributed by atoms with Crippen LogP contribution in [0, 0.1) is 0 Å². The fourth-order valence-electron chi connectivity index (χ4n) is 2.35. The highest BCUT2D eigenvalue weighted by molar-refractivity contribution is 7.09. The monoisotopic (exact) mass is 341 g/mol. The summed E-state index contributed by atoms with van der Waals surface area (Å²) < 4.78 is 5.30. The maximum Gasteiger partial charge on any atom is 0.122 e. The van der Waals surface area contributed by atoms with Gasteiger partial charge in [0.25, 0.3) is 0 Å². The van der Waals surface area contributed by atoms with Gasteiger partial charge in [0.05, 0.1) is 5.69 Å². The lowest BCUT2D eigenvalue weighted by Crippen LogP contribution is -2.43. The zero-order chi connectivity index (χ0) is 13.0. The van der Waals surface area contributed by atoms with Gasteiger partial charge < -0.3 is 10.1 Å². The molecular weight excluding hydrogens is 317 g/mol. The SMILES string of the molecule is CNC1CCCN(Cc2csc(C(C)OC)n2)C1.Cl.Cl. The van der Waals surface area contributed by atoms with Crippen LogP contribution in [0.1, 0.15) is 36.6 Å². The fraction of sp³-hybridized carbons (Fsp3) is 0.769. The molecule has 0 aromatic carbocycles. The van der Waals surface area contributed by atoms with Crippen LogP contribution in [-0.2, 0) is 11.3 Å². The van der Waals surface area contributed by atoms with Crippen LogP contribution in [0.5, 0.6) is 0 Å². The van der Waals surface area contributed by atoms with E-state index in [-0.39, 0.29) is 30.9 Å². The average Bonchev–Trinajstić information content (AvgIpc) is 2.86. The standard InChI is InChI=1S/C13H23N3OS.2ClH/c1-10(17-3)13-15-12(9-18-13)8-16-6-4-5-11(7-16)14-2;;/h9-11,14H,4-8H2,1-3H3;2*1H. The van der Waals surface area contributed by atoms with Gasteiger partial charge in [0.15, 0.2) is 0 Å². The first kappa shape index (κ1) is 20.1. The predicted octanol–water partition coefficient (Wildman–Crippen LogP) is 2.88. The number of likely N-dealkylation sites (N-methyl/N-ethyl adjacent to an activating group) is 1. The molecule has 1 N–H and O–H groups in total. The van der Waals surface area contributed by atoms with Crippen molar-refractivity contribution in [1.29, 1.82) is 0 Å². The Labute approximate surface area is 138 Å². The van der Waals surface area contributed by atoms with Crippen molar-refractivity contribution >= 4 is 36.2 Å². The molecule has 4 nitrogen and oxygen atoms in total. The zero-order valence-electron chi connectivity index (χ0n) is 12.3. The highest BCUT2D eigenvalue weighted by Crippen LogP contribution is 2.22. The molecule has 1 aromatic heterocycles. The van der Waals surface area contributed by atoms with Gasteiger partial charge in [-0.15, -0.1) is 36.2 Å². The number of hydrogen-bond donors (Lipinski definition) is 1. The van der Waals surface area contributed by atoms with Gasteiger partial charge in [0.2, 0.25) is 0 Å². The molecule has 0 aliphatic carbocycles. The molecule has 2 atom stereocenters. The summed E-state index contributed by atoms with van der Waals surface area (Å²) in [6.07, 6.45) is 2.67. The Morgan fingerprint density at radius 2 is 2.30 bits per heavy atom. The molecular formula is C13H25Cl2N3OS. The second-order valence-electron chi connectivity index (χ2n) is 4.92. The van der Waals surface area contributed by atoms with Gasteiger partial charge in [0.1, 0.15) is 11.1 Å². The molecule has 1 aliphatic rings. The van der Waals surface area contributed by atoms with E-state index >= 15 is 0 Å². The summed E-state index contributed by atoms with van der Waals surface area (Å²) >= 11 is 1.70. The summed E-state index contributed by atoms with van der Waals surface area (Å²) in [5.41, 5.74) is 1.18. The molecule has 118 valence electrons. The van der Waals surface area contributed by atoms with Crippen molar-refractivity contribution in [2.24, 2.45) is 0 Å². The van der Waals surface area contributed by atoms with E-state index in [2.05, 4.69) is 27.6 Å². The Bertz CT molecular complexity index is 378. The summed E-state index contributed by atoms with van der Waals surface area (Å²) in [6.45, 7) is 5.32. The molecule has 0 radical (unpaired) electrons. The Balaban J connectivity index is 0.00000180. The van der Waals surface area contributed by atoms with Crippen LogP contribution in [0.15, 0.2) is 5.38 Å². The second kappa shape index (κ2) is 9.92. The molecule has 0 bridgehead atoms. The summed E-state index contributed by atoms with van der Waals surface area (Å²) in [7, 11) is 3.78. The Morgan fingerprint density at radius 1 is 1.55 bits per heavy atom. The van der Waals surface area contributed by atoms with Crippen LogP contribution >= 0.6 is 36.2 Å². The number of nitrogens with zero attached hydrogens (tertiary/aromatic N) is 2. The molecule has 2 heterocycles. The predicted molar refractivity (Wildman–Crippen MR) is 89.4 cm³/mol. The molecule has 1 saturated heterocycles. The first-order valence-corrected chi connectivity index (χ1v) is 7.47. The highest BCUT2D eigenvalue weighted by Gasteiger charge is 2.19. The van der Waals surface area contributed by atoms with Gasteiger partial charge in [0, 0.05) is 31.6 Å². The van der Waals surface area contributed by atoms with Gasteiger partial charge in [-0.1, -0.05) is 0 Å². The van der Waals surface area contributed by atoms with Crippen molar-refractivity contribution in [2.75, 3.05) is 27.2 Å². The number of methoxy groups -OCH3 is 1. The number of halogens is 2. The van der Waals surface area contributed by atoms with E-state index in [1.165, 1.54) is 25.1 Å². The summed E-state index contributed by atoms with van der Waals surface area (Å²) in [6, 6.07) is 0.634. The molecule has 2 unspecified atom stereocenters. The average molecular weight is 342 g/mol. The van der Waals surface area contributed by atoms with Crippen molar-refractivity contribution in [2.45, 2.75) is 38.5 Å². The lowest BCUT2D eigenvalue weighted by molar-refractivity contribution is 0.119. The van der Waals surface area contributed by atoms with Crippen LogP contribution in [-0.4, -0.2) is 43.2 Å². The summed E-state index contributed by atoms with van der Waals surface area (Å²) in [5, 5.41) is 6.61. The molecule has 0 saturated carbocycles. The van der Waals surface area contributed by atoms with Crippen LogP contribution in [0.3, 0.4) is 0 Å². The smallest absolute Gasteiger partial charge is 0.122 e. The lowest BCUT2D eigenvalue weighted by atomic mass is 10.1. The van der Waals surface area contributed by atoms with Crippen molar-refractivity contribution in [3.63, 3.8) is 0 Å². The van der Waals surface area contributed by atoms with Crippen molar-refractivity contribution in [3.8, 4) is 0 Å². The number of ether oxygens (including phenoxy) is 1. The third-order valence-electron chi connectivity index (χ3n) is 3.57. The Hall–Kier alpha value is 0.0900. The first-order chi connectivity index (χ1) is 8.72.